The third kappa shape index (κ3) is 6.01. The first kappa shape index (κ1) is 22.7. The van der Waals surface area contributed by atoms with Crippen molar-refractivity contribution in [2.75, 3.05) is 10.6 Å². The van der Waals surface area contributed by atoms with Gasteiger partial charge < -0.3 is 10.1 Å². The zero-order valence-electron chi connectivity index (χ0n) is 18.4. The van der Waals surface area contributed by atoms with Crippen molar-refractivity contribution < 1.29 is 19.1 Å². The number of nitrogens with one attached hydrogen (secondary N) is 2. The van der Waals surface area contributed by atoms with Gasteiger partial charge in [-0.1, -0.05) is 24.3 Å². The Bertz CT molecular complexity index is 1130. The molecule has 0 aliphatic heterocycles. The van der Waals surface area contributed by atoms with Gasteiger partial charge in [0.2, 0.25) is 0 Å². The minimum Gasteiger partial charge on any atom is -0.444 e. The van der Waals surface area contributed by atoms with Crippen molar-refractivity contribution in [1.82, 2.24) is 4.98 Å². The van der Waals surface area contributed by atoms with Gasteiger partial charge in [0.25, 0.3) is 5.91 Å². The average molecular weight is 431 g/mol. The molecule has 2 amide bonds. The van der Waals surface area contributed by atoms with E-state index in [2.05, 4.69) is 15.6 Å². The van der Waals surface area contributed by atoms with E-state index >= 15 is 0 Å². The predicted molar refractivity (Wildman–Crippen MR) is 124 cm³/mol. The van der Waals surface area contributed by atoms with Crippen molar-refractivity contribution in [3.8, 4) is 11.1 Å². The van der Waals surface area contributed by atoms with E-state index in [1.54, 1.807) is 69.6 Å². The molecular weight excluding hydrogens is 406 g/mol. The van der Waals surface area contributed by atoms with Crippen molar-refractivity contribution in [2.45, 2.75) is 33.3 Å². The summed E-state index contributed by atoms with van der Waals surface area (Å²) in [7, 11) is 0. The minimum absolute atomic E-state index is 0.0787. The van der Waals surface area contributed by atoms with E-state index in [4.69, 9.17) is 4.74 Å². The second-order valence-corrected chi connectivity index (χ2v) is 8.22. The molecule has 0 saturated carbocycles. The smallest absolute Gasteiger partial charge is 0.412 e. The molecule has 0 unspecified atom stereocenters. The molecule has 0 aliphatic rings. The summed E-state index contributed by atoms with van der Waals surface area (Å²) in [6.07, 6.45) is 2.76. The van der Waals surface area contributed by atoms with Gasteiger partial charge in [-0.3, -0.25) is 19.9 Å². The highest BCUT2D eigenvalue weighted by atomic mass is 16.6. The van der Waals surface area contributed by atoms with E-state index in [9.17, 15) is 14.4 Å². The third-order valence-electron chi connectivity index (χ3n) is 4.45. The highest BCUT2D eigenvalue weighted by Gasteiger charge is 2.18. The largest absolute Gasteiger partial charge is 0.444 e. The molecule has 164 valence electrons. The second kappa shape index (κ2) is 9.43. The number of ether oxygens (including phenoxy) is 1. The van der Waals surface area contributed by atoms with Crippen molar-refractivity contribution in [2.24, 2.45) is 0 Å². The Balaban J connectivity index is 1.91. The molecule has 0 saturated heterocycles. The maximum absolute atomic E-state index is 12.9. The molecule has 0 spiro atoms. The average Bonchev–Trinajstić information content (AvgIpc) is 2.74. The molecule has 3 rings (SSSR count). The van der Waals surface area contributed by atoms with Crippen LogP contribution in [-0.2, 0) is 4.74 Å². The lowest BCUT2D eigenvalue weighted by Gasteiger charge is -2.21. The number of hydrogen-bond donors (Lipinski definition) is 2. The molecule has 0 atom stereocenters. The highest BCUT2D eigenvalue weighted by Crippen LogP contribution is 2.30. The molecule has 0 bridgehead atoms. The van der Waals surface area contributed by atoms with Gasteiger partial charge in [-0.05, 0) is 63.6 Å². The molecule has 2 N–H and O–H groups in total. The number of carbonyl (C=O) groups excluding carboxylic acids is 3. The van der Waals surface area contributed by atoms with Crippen molar-refractivity contribution >= 4 is 29.2 Å². The summed E-state index contributed by atoms with van der Waals surface area (Å²) >= 11 is 0. The van der Waals surface area contributed by atoms with Gasteiger partial charge in [0.15, 0.2) is 5.78 Å². The van der Waals surface area contributed by atoms with Crippen LogP contribution in [-0.4, -0.2) is 28.4 Å². The molecule has 0 radical (unpaired) electrons. The number of benzene rings is 2. The summed E-state index contributed by atoms with van der Waals surface area (Å²) < 4.78 is 5.33. The van der Waals surface area contributed by atoms with Gasteiger partial charge in [-0.2, -0.15) is 0 Å². The van der Waals surface area contributed by atoms with E-state index < -0.39 is 11.7 Å². The molecule has 1 heterocycles. The summed E-state index contributed by atoms with van der Waals surface area (Å²) in [4.78, 5) is 40.8. The third-order valence-corrected chi connectivity index (χ3v) is 4.45. The van der Waals surface area contributed by atoms with Crippen LogP contribution >= 0.6 is 0 Å². The molecule has 3 aromatic rings. The lowest BCUT2D eigenvalue weighted by molar-refractivity contribution is 0.0635. The Morgan fingerprint density at radius 1 is 0.844 bits per heavy atom. The quantitative estimate of drug-likeness (QED) is 0.516. The van der Waals surface area contributed by atoms with Crippen LogP contribution in [0.4, 0.5) is 16.2 Å². The maximum atomic E-state index is 12.9. The first-order valence-corrected chi connectivity index (χ1v) is 10.1. The number of carbonyl (C=O) groups is 3. The molecule has 0 fully saturated rings. The fourth-order valence-electron chi connectivity index (χ4n) is 2.93. The minimum atomic E-state index is -0.665. The topological polar surface area (TPSA) is 97.4 Å². The second-order valence-electron chi connectivity index (χ2n) is 8.22. The molecule has 0 aliphatic carbocycles. The van der Waals surface area contributed by atoms with Gasteiger partial charge >= 0.3 is 6.09 Å². The Kier molecular flexibility index (Phi) is 6.68. The molecule has 1 aromatic heterocycles. The van der Waals surface area contributed by atoms with Crippen LogP contribution in [0.1, 0.15) is 48.4 Å². The fourth-order valence-corrected chi connectivity index (χ4v) is 2.93. The number of aromatic nitrogens is 1. The molecule has 2 aromatic carbocycles. The van der Waals surface area contributed by atoms with E-state index in [0.717, 1.165) is 11.1 Å². The van der Waals surface area contributed by atoms with E-state index in [0.29, 0.717) is 22.5 Å². The molecular formula is C25H25N3O4. The van der Waals surface area contributed by atoms with Crippen LogP contribution in [0, 0.1) is 0 Å². The van der Waals surface area contributed by atoms with Crippen LogP contribution < -0.4 is 10.6 Å². The standard InChI is InChI=1S/C25H25N3O4/c1-16(29)17-7-9-18(10-8-17)23(30)27-22-14-19(20-6-5-13-26-15-20)11-12-21(22)28-24(31)32-25(2,3)4/h5-15H,1-4H3,(H,27,30)(H,28,31). The maximum Gasteiger partial charge on any atom is 0.412 e. The zero-order valence-corrected chi connectivity index (χ0v) is 18.4. The summed E-state index contributed by atoms with van der Waals surface area (Å²) in [6, 6.07) is 15.3. The number of amides is 2. The van der Waals surface area contributed by atoms with E-state index in [1.165, 1.54) is 6.92 Å². The number of nitrogens with zero attached hydrogens (tertiary/aromatic N) is 1. The Morgan fingerprint density at radius 3 is 2.12 bits per heavy atom. The number of hydrogen-bond acceptors (Lipinski definition) is 5. The first-order valence-electron chi connectivity index (χ1n) is 10.1. The number of pyridine rings is 1. The van der Waals surface area contributed by atoms with Gasteiger partial charge in [0.05, 0.1) is 11.4 Å². The summed E-state index contributed by atoms with van der Waals surface area (Å²) in [5.74, 6) is -0.458. The normalized spacial score (nSPS) is 10.9. The van der Waals surface area contributed by atoms with Gasteiger partial charge in [-0.15, -0.1) is 0 Å². The lowest BCUT2D eigenvalue weighted by Crippen LogP contribution is -2.27. The SMILES string of the molecule is CC(=O)c1ccc(C(=O)Nc2cc(-c3cccnc3)ccc2NC(=O)OC(C)(C)C)cc1. The molecule has 7 nitrogen and oxygen atoms in total. The Hall–Kier alpha value is -4.00. The van der Waals surface area contributed by atoms with Gasteiger partial charge in [-0.25, -0.2) is 4.79 Å². The van der Waals surface area contributed by atoms with Crippen LogP contribution in [0.3, 0.4) is 0 Å². The van der Waals surface area contributed by atoms with Crippen LogP contribution in [0.5, 0.6) is 0 Å². The number of ketones is 1. The zero-order chi connectivity index (χ0) is 23.3. The van der Waals surface area contributed by atoms with Crippen molar-refractivity contribution in [1.29, 1.82) is 0 Å². The van der Waals surface area contributed by atoms with Crippen molar-refractivity contribution in [3.63, 3.8) is 0 Å². The van der Waals surface area contributed by atoms with Gasteiger partial charge in [0, 0.05) is 29.1 Å². The number of rotatable bonds is 5. The van der Waals surface area contributed by atoms with E-state index in [-0.39, 0.29) is 11.7 Å². The predicted octanol–water partition coefficient (Wildman–Crippen LogP) is 5.55. The Labute approximate surface area is 186 Å². The molecule has 7 heteroatoms. The number of anilines is 2. The lowest BCUT2D eigenvalue weighted by atomic mass is 10.1. The van der Waals surface area contributed by atoms with Crippen molar-refractivity contribution in [3.05, 3.63) is 78.1 Å². The highest BCUT2D eigenvalue weighted by molar-refractivity contribution is 6.08. The van der Waals surface area contributed by atoms with Crippen LogP contribution in [0.25, 0.3) is 11.1 Å². The summed E-state index contributed by atoms with van der Waals surface area (Å²) in [5, 5.41) is 5.53. The summed E-state index contributed by atoms with van der Waals surface area (Å²) in [6.45, 7) is 6.77. The monoisotopic (exact) mass is 431 g/mol. The van der Waals surface area contributed by atoms with E-state index in [1.807, 2.05) is 18.2 Å². The first-order chi connectivity index (χ1) is 15.1. The van der Waals surface area contributed by atoms with Gasteiger partial charge in [0.1, 0.15) is 5.60 Å². The number of Topliss-reactive ketones (excluding diaryl/α,β-unsaturated/α-hetero) is 1. The summed E-state index contributed by atoms with van der Waals surface area (Å²) in [5.41, 5.74) is 2.70. The van der Waals surface area contributed by atoms with Crippen LogP contribution in [0.2, 0.25) is 0 Å². The molecule has 32 heavy (non-hydrogen) atoms. The Morgan fingerprint density at radius 2 is 1.53 bits per heavy atom. The fraction of sp³-hybridized carbons (Fsp3) is 0.200. The van der Waals surface area contributed by atoms with Crippen LogP contribution in [0.15, 0.2) is 67.0 Å².